The Kier molecular flexibility index (Phi) is 5.72. The Balaban J connectivity index is 1.83. The highest BCUT2D eigenvalue weighted by atomic mass is 19.1. The van der Waals surface area contributed by atoms with E-state index in [1.807, 2.05) is 13.0 Å². The molecule has 184 valence electrons. The van der Waals surface area contributed by atoms with Crippen LogP contribution in [0.4, 0.5) is 4.39 Å². The molecule has 0 heterocycles. The number of Topliss-reactive ketones (excluding diaryl/α,β-unsaturated/α-hetero) is 1. The molecule has 0 amide bonds. The van der Waals surface area contributed by atoms with Crippen LogP contribution in [-0.4, -0.2) is 62.3 Å². The predicted octanol–water partition coefficient (Wildman–Crippen LogP) is 2.00. The molecule has 8 nitrogen and oxygen atoms in total. The van der Waals surface area contributed by atoms with Gasteiger partial charge in [-0.15, -0.1) is 0 Å². The van der Waals surface area contributed by atoms with Crippen molar-refractivity contribution in [2.45, 2.75) is 64.3 Å². The van der Waals surface area contributed by atoms with Crippen molar-refractivity contribution >= 4 is 23.5 Å². The average Bonchev–Trinajstić information content (AvgIpc) is 2.95. The molecule has 4 aliphatic rings. The number of carbonyl (C=O) groups excluding carboxylic acids is 2. The van der Waals surface area contributed by atoms with Gasteiger partial charge in [-0.05, 0) is 61.2 Å². The summed E-state index contributed by atoms with van der Waals surface area (Å²) >= 11 is 0. The number of rotatable bonds is 6. The number of hydrogen-bond donors (Lipinski definition) is 4. The minimum Gasteiger partial charge on any atom is -0.481 e. The molecule has 4 N–H and O–H groups in total. The molecule has 0 spiro atoms. The van der Waals surface area contributed by atoms with Gasteiger partial charge in [-0.3, -0.25) is 19.2 Å². The largest absolute Gasteiger partial charge is 0.481 e. The summed E-state index contributed by atoms with van der Waals surface area (Å²) in [6.07, 6.45) is -0.00677. The van der Waals surface area contributed by atoms with E-state index in [0.29, 0.717) is 5.57 Å². The summed E-state index contributed by atoms with van der Waals surface area (Å²) in [5.74, 6) is -5.14. The van der Waals surface area contributed by atoms with Gasteiger partial charge in [0.1, 0.15) is 12.3 Å². The van der Waals surface area contributed by atoms with E-state index in [2.05, 4.69) is 0 Å². The first-order chi connectivity index (χ1) is 15.8. The van der Waals surface area contributed by atoms with E-state index in [1.54, 1.807) is 13.0 Å². The van der Waals surface area contributed by atoms with E-state index in [4.69, 9.17) is 5.11 Å². The van der Waals surface area contributed by atoms with Gasteiger partial charge in [-0.25, -0.2) is 4.39 Å². The fraction of sp³-hybridized carbons (Fsp3) is 0.600. The van der Waals surface area contributed by atoms with Gasteiger partial charge in [0.15, 0.2) is 11.6 Å². The zero-order valence-corrected chi connectivity index (χ0v) is 19.0. The number of fused-ring (bicyclic) bond motifs is 5. The van der Waals surface area contributed by atoms with Gasteiger partial charge in [-0.2, -0.15) is 0 Å². The maximum atomic E-state index is 15.4. The number of carboxylic acid groups (broad SMARTS) is 2. The Bertz CT molecular complexity index is 1060. The zero-order valence-electron chi connectivity index (χ0n) is 19.0. The molecule has 3 unspecified atom stereocenters. The molecule has 8 atom stereocenters. The number of halogens is 1. The number of ketones is 2. The van der Waals surface area contributed by atoms with Crippen molar-refractivity contribution in [3.63, 3.8) is 0 Å². The van der Waals surface area contributed by atoms with Gasteiger partial charge >= 0.3 is 11.9 Å². The summed E-state index contributed by atoms with van der Waals surface area (Å²) in [7, 11) is 0. The highest BCUT2D eigenvalue weighted by molar-refractivity contribution is 6.01. The summed E-state index contributed by atoms with van der Waals surface area (Å²) in [6, 6.07) is 0. The number of aliphatic hydroxyl groups is 2. The van der Waals surface area contributed by atoms with Crippen LogP contribution >= 0.6 is 0 Å². The highest BCUT2D eigenvalue weighted by Gasteiger charge is 2.69. The van der Waals surface area contributed by atoms with Crippen molar-refractivity contribution in [2.24, 2.45) is 28.1 Å². The maximum absolute atomic E-state index is 15.4. The number of aliphatic carboxylic acids is 2. The highest BCUT2D eigenvalue weighted by Crippen LogP contribution is 2.69. The van der Waals surface area contributed by atoms with E-state index < -0.39 is 77.0 Å². The zero-order chi connectivity index (χ0) is 25.2. The Morgan fingerprint density at radius 3 is 2.47 bits per heavy atom. The monoisotopic (exact) mass is 476 g/mol. The Morgan fingerprint density at radius 2 is 1.85 bits per heavy atom. The Morgan fingerprint density at radius 1 is 1.18 bits per heavy atom. The van der Waals surface area contributed by atoms with E-state index in [9.17, 15) is 34.5 Å². The predicted molar refractivity (Wildman–Crippen MR) is 116 cm³/mol. The second-order valence-corrected chi connectivity index (χ2v) is 10.6. The van der Waals surface area contributed by atoms with Crippen LogP contribution in [0, 0.1) is 28.1 Å². The van der Waals surface area contributed by atoms with Crippen LogP contribution in [0.5, 0.6) is 0 Å². The molecule has 0 aliphatic heterocycles. The molecule has 34 heavy (non-hydrogen) atoms. The van der Waals surface area contributed by atoms with Crippen molar-refractivity contribution in [1.29, 1.82) is 0 Å². The third-order valence-electron chi connectivity index (χ3n) is 8.85. The summed E-state index contributed by atoms with van der Waals surface area (Å²) in [4.78, 5) is 48.4. The lowest BCUT2D eigenvalue weighted by Crippen LogP contribution is -2.54. The molecule has 2 saturated carbocycles. The lowest BCUT2D eigenvalue weighted by atomic mass is 9.48. The average molecular weight is 476 g/mol. The fourth-order valence-corrected chi connectivity index (χ4v) is 7.35. The molecule has 0 aromatic rings. The maximum Gasteiger partial charge on any atom is 0.306 e. The summed E-state index contributed by atoms with van der Waals surface area (Å²) in [5.41, 5.74) is -2.57. The van der Waals surface area contributed by atoms with Gasteiger partial charge in [-0.1, -0.05) is 24.6 Å². The molecule has 0 radical (unpaired) electrons. The molecular formula is C25H29FO8. The van der Waals surface area contributed by atoms with Crippen LogP contribution in [0.25, 0.3) is 0 Å². The van der Waals surface area contributed by atoms with Crippen LogP contribution in [0.3, 0.4) is 0 Å². The number of carboxylic acids is 2. The van der Waals surface area contributed by atoms with E-state index >= 15 is 4.39 Å². The normalized spacial score (nSPS) is 41.5. The number of alkyl halides is 1. The minimum absolute atomic E-state index is 0.0271. The molecule has 4 rings (SSSR count). The Hall–Kier alpha value is -2.65. The van der Waals surface area contributed by atoms with Crippen LogP contribution in [-0.2, 0) is 19.2 Å². The first kappa shape index (κ1) is 24.5. The van der Waals surface area contributed by atoms with E-state index in [1.165, 1.54) is 12.2 Å². The topological polar surface area (TPSA) is 149 Å². The molecule has 0 aromatic heterocycles. The third-order valence-corrected chi connectivity index (χ3v) is 8.85. The molecule has 0 saturated heterocycles. The van der Waals surface area contributed by atoms with Crippen LogP contribution in [0.1, 0.15) is 46.0 Å². The smallest absolute Gasteiger partial charge is 0.306 e. The Labute approximate surface area is 195 Å². The first-order valence-corrected chi connectivity index (χ1v) is 11.4. The summed E-state index contributed by atoms with van der Waals surface area (Å²) in [6.45, 7) is 3.49. The van der Waals surface area contributed by atoms with Gasteiger partial charge in [0.2, 0.25) is 0 Å². The van der Waals surface area contributed by atoms with Crippen molar-refractivity contribution in [1.82, 2.24) is 0 Å². The molecule has 0 bridgehead atoms. The number of aliphatic hydroxyl groups excluding tert-OH is 2. The molecule has 2 fully saturated rings. The standard InChI is InChI=1S/C25H29FO8/c1-23-5-3-12(27)7-15(23)16(26)8-13-14(23)4-6-24(2)21(13)18(29)10-25(24,11-20(32)33)22(34)17(28)9-19(30)31/h3-5,7,13,16-18,21,28-29H,6,8-11H2,1-2H3,(H,30,31)(H,32,33)/t13-,16-,17?,18?,21-,23-,24+,25?/m1/s1. The van der Waals surface area contributed by atoms with Gasteiger partial charge < -0.3 is 20.4 Å². The van der Waals surface area contributed by atoms with Crippen molar-refractivity contribution in [3.8, 4) is 0 Å². The molecular weight excluding hydrogens is 447 g/mol. The van der Waals surface area contributed by atoms with Crippen LogP contribution in [0.2, 0.25) is 0 Å². The van der Waals surface area contributed by atoms with Gasteiger partial charge in [0, 0.05) is 5.41 Å². The quantitative estimate of drug-likeness (QED) is 0.425. The second-order valence-electron chi connectivity index (χ2n) is 10.6. The first-order valence-electron chi connectivity index (χ1n) is 11.4. The van der Waals surface area contributed by atoms with Crippen LogP contribution in [0.15, 0.2) is 35.5 Å². The van der Waals surface area contributed by atoms with Gasteiger partial charge in [0.25, 0.3) is 0 Å². The number of hydrogen-bond acceptors (Lipinski definition) is 6. The van der Waals surface area contributed by atoms with Gasteiger partial charge in [0.05, 0.1) is 24.4 Å². The van der Waals surface area contributed by atoms with Crippen molar-refractivity contribution in [2.75, 3.05) is 0 Å². The van der Waals surface area contributed by atoms with E-state index in [-0.39, 0.29) is 25.0 Å². The SMILES string of the molecule is C[C@]12C=CC(=O)C=C1[C@H](F)C[C@@H]1C2=CC[C@@]2(C)[C@H]1C(O)CC2(CC(=O)O)C(=O)C(O)CC(=O)O. The fourth-order valence-electron chi connectivity index (χ4n) is 7.35. The van der Waals surface area contributed by atoms with Crippen molar-refractivity contribution in [3.05, 3.63) is 35.5 Å². The molecule has 9 heteroatoms. The van der Waals surface area contributed by atoms with Crippen LogP contribution < -0.4 is 0 Å². The summed E-state index contributed by atoms with van der Waals surface area (Å²) in [5, 5.41) is 40.3. The van der Waals surface area contributed by atoms with E-state index in [0.717, 1.165) is 5.57 Å². The number of allylic oxidation sites excluding steroid dienone is 6. The third kappa shape index (κ3) is 3.32. The molecule has 0 aromatic carbocycles. The lowest BCUT2D eigenvalue weighted by Gasteiger charge is -2.55. The summed E-state index contributed by atoms with van der Waals surface area (Å²) < 4.78 is 15.4. The second kappa shape index (κ2) is 7.95. The lowest BCUT2D eigenvalue weighted by molar-refractivity contribution is -0.158. The number of carbonyl (C=O) groups is 4. The molecule has 4 aliphatic carbocycles. The minimum atomic E-state index is -1.93. The van der Waals surface area contributed by atoms with Crippen molar-refractivity contribution < 1.29 is 44.0 Å².